The number of benzene rings is 1. The molecule has 90 valence electrons. The third kappa shape index (κ3) is 1.95. The van der Waals surface area contributed by atoms with E-state index in [1.165, 1.54) is 24.3 Å². The molecule has 2 rings (SSSR count). The van der Waals surface area contributed by atoms with Crippen LogP contribution in [0.1, 0.15) is 30.6 Å². The fraction of sp³-hybridized carbons (Fsp3) is 0.385. The van der Waals surface area contributed by atoms with Crippen molar-refractivity contribution < 1.29 is 14.0 Å². The molecule has 1 heterocycles. The van der Waals surface area contributed by atoms with Crippen LogP contribution in [-0.2, 0) is 4.79 Å². The zero-order valence-corrected chi connectivity index (χ0v) is 9.87. The van der Waals surface area contributed by atoms with Crippen LogP contribution in [0.3, 0.4) is 0 Å². The van der Waals surface area contributed by atoms with Gasteiger partial charge in [0.2, 0.25) is 0 Å². The van der Waals surface area contributed by atoms with Crippen molar-refractivity contribution >= 4 is 11.7 Å². The molecule has 0 spiro atoms. The second-order valence-corrected chi connectivity index (χ2v) is 4.70. The highest BCUT2D eigenvalue weighted by atomic mass is 19.1. The number of hydrogen-bond donors (Lipinski definition) is 0. The summed E-state index contributed by atoms with van der Waals surface area (Å²) >= 11 is 0. The Morgan fingerprint density at radius 2 is 1.88 bits per heavy atom. The maximum Gasteiger partial charge on any atom is 0.254 e. The zero-order chi connectivity index (χ0) is 12.6. The first-order chi connectivity index (χ1) is 7.93. The Labute approximate surface area is 99.2 Å². The molecule has 4 heteroatoms. The third-order valence-corrected chi connectivity index (χ3v) is 3.26. The number of hydrogen-bond acceptors (Lipinski definition) is 2. The van der Waals surface area contributed by atoms with Crippen LogP contribution in [0.4, 0.5) is 4.39 Å². The first kappa shape index (κ1) is 11.8. The lowest BCUT2D eigenvalue weighted by molar-refractivity contribution is -0.123. The van der Waals surface area contributed by atoms with Crippen molar-refractivity contribution in [3.05, 3.63) is 35.6 Å². The monoisotopic (exact) mass is 235 g/mol. The van der Waals surface area contributed by atoms with Gasteiger partial charge < -0.3 is 4.90 Å². The van der Waals surface area contributed by atoms with Crippen LogP contribution >= 0.6 is 0 Å². The number of ketones is 1. The minimum atomic E-state index is -0.758. The second-order valence-electron chi connectivity index (χ2n) is 4.70. The van der Waals surface area contributed by atoms with Gasteiger partial charge in [0, 0.05) is 18.5 Å². The Bertz CT molecular complexity index is 465. The molecular formula is C13H14FNO2. The van der Waals surface area contributed by atoms with Crippen LogP contribution in [0.25, 0.3) is 0 Å². The first-order valence-corrected chi connectivity index (χ1v) is 5.54. The fourth-order valence-electron chi connectivity index (χ4n) is 2.05. The summed E-state index contributed by atoms with van der Waals surface area (Å²) in [5.41, 5.74) is -0.347. The van der Waals surface area contributed by atoms with Gasteiger partial charge in [0.1, 0.15) is 5.82 Å². The number of carbonyl (C=O) groups excluding carboxylic acids is 2. The van der Waals surface area contributed by atoms with Crippen molar-refractivity contribution in [1.29, 1.82) is 0 Å². The molecule has 0 atom stereocenters. The Balaban J connectivity index is 2.27. The van der Waals surface area contributed by atoms with Gasteiger partial charge in [-0.2, -0.15) is 0 Å². The maximum absolute atomic E-state index is 12.8. The lowest BCUT2D eigenvalue weighted by Gasteiger charge is -2.30. The largest absolute Gasteiger partial charge is 0.326 e. The predicted molar refractivity (Wildman–Crippen MR) is 61.1 cm³/mol. The van der Waals surface area contributed by atoms with Gasteiger partial charge in [-0.1, -0.05) is 0 Å². The van der Waals surface area contributed by atoms with E-state index in [-0.39, 0.29) is 17.5 Å². The average Bonchev–Trinajstić information content (AvgIpc) is 2.54. The van der Waals surface area contributed by atoms with Crippen LogP contribution in [0, 0.1) is 5.82 Å². The van der Waals surface area contributed by atoms with Crippen LogP contribution in [0.2, 0.25) is 0 Å². The lowest BCUT2D eigenvalue weighted by atomic mass is 10.00. The predicted octanol–water partition coefficient (Wildman–Crippen LogP) is 2.02. The van der Waals surface area contributed by atoms with Gasteiger partial charge in [0.15, 0.2) is 5.78 Å². The standard InChI is InChI=1S/C13H14FNO2/c1-13(2)11(16)7-8-15(13)12(17)9-3-5-10(14)6-4-9/h3-6H,7-8H2,1-2H3. The average molecular weight is 235 g/mol. The summed E-state index contributed by atoms with van der Waals surface area (Å²) in [4.78, 5) is 25.4. The molecule has 1 aromatic rings. The summed E-state index contributed by atoms with van der Waals surface area (Å²) in [5, 5.41) is 0. The number of carbonyl (C=O) groups is 2. The normalized spacial score (nSPS) is 18.5. The number of nitrogens with zero attached hydrogens (tertiary/aromatic N) is 1. The van der Waals surface area contributed by atoms with E-state index in [9.17, 15) is 14.0 Å². The van der Waals surface area contributed by atoms with Crippen molar-refractivity contribution in [2.24, 2.45) is 0 Å². The van der Waals surface area contributed by atoms with Crippen molar-refractivity contribution in [3.8, 4) is 0 Å². The van der Waals surface area contributed by atoms with Gasteiger partial charge in [0.25, 0.3) is 5.91 Å². The summed E-state index contributed by atoms with van der Waals surface area (Å²) in [6, 6.07) is 5.38. The van der Waals surface area contributed by atoms with E-state index in [0.29, 0.717) is 18.5 Å². The SMILES string of the molecule is CC1(C)C(=O)CCN1C(=O)c1ccc(F)cc1. The van der Waals surface area contributed by atoms with E-state index in [1.807, 2.05) is 0 Å². The van der Waals surface area contributed by atoms with E-state index in [1.54, 1.807) is 18.7 Å². The molecular weight excluding hydrogens is 221 g/mol. The van der Waals surface area contributed by atoms with Crippen molar-refractivity contribution in [2.75, 3.05) is 6.54 Å². The first-order valence-electron chi connectivity index (χ1n) is 5.54. The molecule has 0 unspecified atom stereocenters. The molecule has 0 radical (unpaired) electrons. The molecule has 0 aliphatic carbocycles. The van der Waals surface area contributed by atoms with Crippen LogP contribution in [0.15, 0.2) is 24.3 Å². The van der Waals surface area contributed by atoms with Gasteiger partial charge in [-0.3, -0.25) is 9.59 Å². The highest BCUT2D eigenvalue weighted by Gasteiger charge is 2.42. The Morgan fingerprint density at radius 3 is 2.35 bits per heavy atom. The summed E-state index contributed by atoms with van der Waals surface area (Å²) in [5.74, 6) is -0.535. The molecule has 1 saturated heterocycles. The fourth-order valence-corrected chi connectivity index (χ4v) is 2.05. The Hall–Kier alpha value is -1.71. The molecule has 0 N–H and O–H groups in total. The smallest absolute Gasteiger partial charge is 0.254 e. The number of amides is 1. The number of likely N-dealkylation sites (tertiary alicyclic amines) is 1. The molecule has 3 nitrogen and oxygen atoms in total. The second kappa shape index (κ2) is 3.95. The van der Waals surface area contributed by atoms with Crippen LogP contribution in [-0.4, -0.2) is 28.7 Å². The van der Waals surface area contributed by atoms with Crippen molar-refractivity contribution in [3.63, 3.8) is 0 Å². The molecule has 1 aliphatic heterocycles. The minimum Gasteiger partial charge on any atom is -0.326 e. The molecule has 1 amide bonds. The highest BCUT2D eigenvalue weighted by molar-refractivity contribution is 6.01. The maximum atomic E-state index is 12.8. The number of halogens is 1. The summed E-state index contributed by atoms with van der Waals surface area (Å²) in [7, 11) is 0. The molecule has 0 bridgehead atoms. The van der Waals surface area contributed by atoms with E-state index in [0.717, 1.165) is 0 Å². The van der Waals surface area contributed by atoms with Crippen LogP contribution < -0.4 is 0 Å². The van der Waals surface area contributed by atoms with Crippen molar-refractivity contribution in [1.82, 2.24) is 4.90 Å². The van der Waals surface area contributed by atoms with Crippen LogP contribution in [0.5, 0.6) is 0 Å². The topological polar surface area (TPSA) is 37.4 Å². The molecule has 0 saturated carbocycles. The van der Waals surface area contributed by atoms with Gasteiger partial charge in [0.05, 0.1) is 5.54 Å². The Kier molecular flexibility index (Phi) is 2.73. The van der Waals surface area contributed by atoms with E-state index in [2.05, 4.69) is 0 Å². The number of Topliss-reactive ketones (excluding diaryl/α,β-unsaturated/α-hetero) is 1. The minimum absolute atomic E-state index is 0.0629. The van der Waals surface area contributed by atoms with Gasteiger partial charge in [-0.15, -0.1) is 0 Å². The summed E-state index contributed by atoms with van der Waals surface area (Å²) in [6.07, 6.45) is 0.389. The number of rotatable bonds is 1. The van der Waals surface area contributed by atoms with Gasteiger partial charge in [-0.05, 0) is 38.1 Å². The zero-order valence-electron chi connectivity index (χ0n) is 9.87. The quantitative estimate of drug-likeness (QED) is 0.746. The third-order valence-electron chi connectivity index (χ3n) is 3.26. The highest BCUT2D eigenvalue weighted by Crippen LogP contribution is 2.26. The van der Waals surface area contributed by atoms with E-state index >= 15 is 0 Å². The van der Waals surface area contributed by atoms with E-state index < -0.39 is 5.54 Å². The van der Waals surface area contributed by atoms with Crippen molar-refractivity contribution in [2.45, 2.75) is 25.8 Å². The Morgan fingerprint density at radius 1 is 1.29 bits per heavy atom. The lowest BCUT2D eigenvalue weighted by Crippen LogP contribution is -2.46. The molecule has 0 aromatic heterocycles. The molecule has 1 aromatic carbocycles. The summed E-state index contributed by atoms with van der Waals surface area (Å²) < 4.78 is 12.8. The molecule has 1 aliphatic rings. The summed E-state index contributed by atoms with van der Waals surface area (Å²) in [6.45, 7) is 3.91. The molecule has 17 heavy (non-hydrogen) atoms. The van der Waals surface area contributed by atoms with E-state index in [4.69, 9.17) is 0 Å². The molecule has 1 fully saturated rings. The van der Waals surface area contributed by atoms with Gasteiger partial charge >= 0.3 is 0 Å². The van der Waals surface area contributed by atoms with Gasteiger partial charge in [-0.25, -0.2) is 4.39 Å².